The molecule has 122 valence electrons. The van der Waals surface area contributed by atoms with Crippen LogP contribution in [0.2, 0.25) is 0 Å². The molecular weight excluding hydrogens is 324 g/mol. The van der Waals surface area contributed by atoms with Gasteiger partial charge in [0.1, 0.15) is 0 Å². The Bertz CT molecular complexity index is 907. The third-order valence-corrected chi connectivity index (χ3v) is 4.66. The summed E-state index contributed by atoms with van der Waals surface area (Å²) in [6.07, 6.45) is 0.225. The van der Waals surface area contributed by atoms with Gasteiger partial charge < -0.3 is 5.32 Å². The van der Waals surface area contributed by atoms with E-state index in [-0.39, 0.29) is 11.3 Å². The first-order valence-corrected chi connectivity index (χ1v) is 8.75. The second-order valence-corrected chi connectivity index (χ2v) is 6.67. The normalized spacial score (nSPS) is 10.5. The first-order chi connectivity index (χ1) is 11.5. The molecule has 2 rings (SSSR count). The molecule has 24 heavy (non-hydrogen) atoms. The van der Waals surface area contributed by atoms with Crippen LogP contribution in [-0.4, -0.2) is 15.0 Å². The second-order valence-electron chi connectivity index (χ2n) is 4.99. The number of hydrogen-bond acceptors (Lipinski definition) is 5. The van der Waals surface area contributed by atoms with Gasteiger partial charge in [0.2, 0.25) is 0 Å². The van der Waals surface area contributed by atoms with E-state index in [1.807, 2.05) is 19.1 Å². The summed E-state index contributed by atoms with van der Waals surface area (Å²) in [7, 11) is -3.79. The molecule has 0 aromatic heterocycles. The molecule has 0 fully saturated rings. The van der Waals surface area contributed by atoms with Crippen molar-refractivity contribution in [2.24, 2.45) is 0 Å². The van der Waals surface area contributed by atoms with Crippen molar-refractivity contribution in [2.75, 3.05) is 16.6 Å². The van der Waals surface area contributed by atoms with Gasteiger partial charge in [-0.1, -0.05) is 12.1 Å². The third-order valence-electron chi connectivity index (χ3n) is 3.28. The van der Waals surface area contributed by atoms with Crippen LogP contribution < -0.4 is 10.0 Å². The van der Waals surface area contributed by atoms with Gasteiger partial charge in [-0.25, -0.2) is 8.42 Å². The van der Waals surface area contributed by atoms with E-state index in [2.05, 4.69) is 10.0 Å². The summed E-state index contributed by atoms with van der Waals surface area (Å²) in [6.45, 7) is 2.51. The molecule has 0 radical (unpaired) electrons. The zero-order valence-electron chi connectivity index (χ0n) is 13.1. The van der Waals surface area contributed by atoms with E-state index in [0.717, 1.165) is 5.56 Å². The first-order valence-electron chi connectivity index (χ1n) is 7.27. The van der Waals surface area contributed by atoms with Crippen LogP contribution in [0.15, 0.2) is 47.4 Å². The minimum absolute atomic E-state index is 0.0917. The zero-order valence-corrected chi connectivity index (χ0v) is 13.9. The Balaban J connectivity index is 2.35. The summed E-state index contributed by atoms with van der Waals surface area (Å²) in [4.78, 5) is 0.0917. The van der Waals surface area contributed by atoms with Crippen molar-refractivity contribution in [2.45, 2.75) is 18.2 Å². The Morgan fingerprint density at radius 1 is 1.04 bits per heavy atom. The lowest BCUT2D eigenvalue weighted by Gasteiger charge is -2.14. The zero-order chi connectivity index (χ0) is 17.6. The average Bonchev–Trinajstić information content (AvgIpc) is 2.57. The van der Waals surface area contributed by atoms with Gasteiger partial charge in [0.15, 0.2) is 0 Å². The number of rotatable bonds is 6. The van der Waals surface area contributed by atoms with Crippen molar-refractivity contribution < 1.29 is 8.42 Å². The molecule has 0 aliphatic heterocycles. The van der Waals surface area contributed by atoms with Crippen LogP contribution >= 0.6 is 0 Å². The maximum Gasteiger partial charge on any atom is 0.261 e. The number of anilines is 2. The van der Waals surface area contributed by atoms with Crippen molar-refractivity contribution >= 4 is 21.4 Å². The maximum atomic E-state index is 12.5. The number of nitriles is 2. The van der Waals surface area contributed by atoms with Gasteiger partial charge in [0.25, 0.3) is 10.0 Å². The fraction of sp³-hybridized carbons (Fsp3) is 0.176. The lowest BCUT2D eigenvalue weighted by Crippen LogP contribution is -2.14. The highest BCUT2D eigenvalue weighted by Crippen LogP contribution is 2.26. The van der Waals surface area contributed by atoms with E-state index < -0.39 is 10.0 Å². The van der Waals surface area contributed by atoms with Crippen molar-refractivity contribution in [3.8, 4) is 12.1 Å². The predicted octanol–water partition coefficient (Wildman–Crippen LogP) is 2.86. The average molecular weight is 340 g/mol. The van der Waals surface area contributed by atoms with Crippen LogP contribution in [0.3, 0.4) is 0 Å². The molecule has 2 aromatic carbocycles. The van der Waals surface area contributed by atoms with Gasteiger partial charge in [-0.15, -0.1) is 0 Å². The Morgan fingerprint density at radius 2 is 1.75 bits per heavy atom. The molecule has 2 aromatic rings. The van der Waals surface area contributed by atoms with Crippen LogP contribution in [0.1, 0.15) is 18.1 Å². The topological polar surface area (TPSA) is 106 Å². The van der Waals surface area contributed by atoms with Crippen molar-refractivity contribution in [3.05, 3.63) is 53.6 Å². The molecule has 0 aliphatic rings. The second kappa shape index (κ2) is 7.49. The van der Waals surface area contributed by atoms with Gasteiger partial charge >= 0.3 is 0 Å². The Kier molecular flexibility index (Phi) is 5.41. The highest BCUT2D eigenvalue weighted by molar-refractivity contribution is 7.92. The van der Waals surface area contributed by atoms with E-state index in [1.165, 1.54) is 18.2 Å². The van der Waals surface area contributed by atoms with Crippen LogP contribution in [-0.2, 0) is 16.4 Å². The largest absolute Gasteiger partial charge is 0.384 e. The molecule has 0 heterocycles. The van der Waals surface area contributed by atoms with Crippen LogP contribution in [0.5, 0.6) is 0 Å². The number of hydrogen-bond donors (Lipinski definition) is 2. The van der Waals surface area contributed by atoms with E-state index in [1.54, 1.807) is 24.3 Å². The van der Waals surface area contributed by atoms with Crippen LogP contribution in [0.25, 0.3) is 0 Å². The van der Waals surface area contributed by atoms with Crippen LogP contribution in [0, 0.1) is 22.7 Å². The SMILES string of the molecule is CCNc1ccc(C#N)cc1NS(=O)(=O)c1ccc(CC#N)cc1. The van der Waals surface area contributed by atoms with E-state index in [0.29, 0.717) is 23.5 Å². The molecule has 7 heteroatoms. The molecule has 0 unspecified atom stereocenters. The Labute approximate surface area is 141 Å². The number of nitrogens with one attached hydrogen (secondary N) is 2. The smallest absolute Gasteiger partial charge is 0.261 e. The lowest BCUT2D eigenvalue weighted by atomic mass is 10.2. The Morgan fingerprint density at radius 3 is 2.33 bits per heavy atom. The fourth-order valence-electron chi connectivity index (χ4n) is 2.12. The molecule has 0 aliphatic carbocycles. The highest BCUT2D eigenvalue weighted by Gasteiger charge is 2.16. The number of benzene rings is 2. The van der Waals surface area contributed by atoms with E-state index >= 15 is 0 Å². The Hall–Kier alpha value is -3.03. The summed E-state index contributed by atoms with van der Waals surface area (Å²) in [5.41, 5.74) is 2.02. The summed E-state index contributed by atoms with van der Waals surface area (Å²) >= 11 is 0. The van der Waals surface area contributed by atoms with Crippen molar-refractivity contribution in [1.29, 1.82) is 10.5 Å². The molecule has 0 spiro atoms. The van der Waals surface area contributed by atoms with Crippen LogP contribution in [0.4, 0.5) is 11.4 Å². The number of sulfonamides is 1. The van der Waals surface area contributed by atoms with Gasteiger partial charge in [0.05, 0.1) is 40.4 Å². The summed E-state index contributed by atoms with van der Waals surface area (Å²) in [6, 6.07) is 14.9. The summed E-state index contributed by atoms with van der Waals surface area (Å²) in [5, 5.41) is 20.7. The maximum absolute atomic E-state index is 12.5. The quantitative estimate of drug-likeness (QED) is 0.841. The monoisotopic (exact) mass is 340 g/mol. The molecule has 6 nitrogen and oxygen atoms in total. The van der Waals surface area contributed by atoms with E-state index in [9.17, 15) is 8.42 Å². The summed E-state index contributed by atoms with van der Waals surface area (Å²) in [5.74, 6) is 0. The van der Waals surface area contributed by atoms with Crippen molar-refractivity contribution in [1.82, 2.24) is 0 Å². The highest BCUT2D eigenvalue weighted by atomic mass is 32.2. The van der Waals surface area contributed by atoms with Gasteiger partial charge in [-0.05, 0) is 42.8 Å². The molecule has 0 amide bonds. The third kappa shape index (κ3) is 4.03. The lowest BCUT2D eigenvalue weighted by molar-refractivity contribution is 0.601. The minimum atomic E-state index is -3.79. The van der Waals surface area contributed by atoms with Gasteiger partial charge in [-0.3, -0.25) is 4.72 Å². The number of nitrogens with zero attached hydrogens (tertiary/aromatic N) is 2. The summed E-state index contributed by atoms with van der Waals surface area (Å²) < 4.78 is 27.6. The first kappa shape index (κ1) is 17.3. The van der Waals surface area contributed by atoms with Gasteiger partial charge in [0, 0.05) is 6.54 Å². The molecule has 0 atom stereocenters. The molecular formula is C17H16N4O2S. The molecule has 0 saturated carbocycles. The van der Waals surface area contributed by atoms with Gasteiger partial charge in [-0.2, -0.15) is 10.5 Å². The predicted molar refractivity (Wildman–Crippen MR) is 91.9 cm³/mol. The molecule has 0 saturated heterocycles. The fourth-order valence-corrected chi connectivity index (χ4v) is 3.19. The van der Waals surface area contributed by atoms with E-state index in [4.69, 9.17) is 10.5 Å². The van der Waals surface area contributed by atoms with Crippen molar-refractivity contribution in [3.63, 3.8) is 0 Å². The minimum Gasteiger partial charge on any atom is -0.384 e. The molecule has 0 bridgehead atoms. The standard InChI is InChI=1S/C17H16N4O2S/c1-2-20-16-8-5-14(12-19)11-17(16)21-24(22,23)15-6-3-13(4-7-15)9-10-18/h3-8,11,20-21H,2,9H2,1H3. The molecule has 2 N–H and O–H groups in total.